The Morgan fingerprint density at radius 1 is 1.18 bits per heavy atom. The van der Waals surface area contributed by atoms with Crippen LogP contribution in [0.15, 0.2) is 12.1 Å². The largest absolute Gasteiger partial charge is 0.497 e. The van der Waals surface area contributed by atoms with E-state index in [4.69, 9.17) is 19.3 Å². The van der Waals surface area contributed by atoms with Gasteiger partial charge in [0.15, 0.2) is 11.5 Å². The van der Waals surface area contributed by atoms with Gasteiger partial charge in [0, 0.05) is 24.7 Å². The molecule has 0 saturated heterocycles. The summed E-state index contributed by atoms with van der Waals surface area (Å²) >= 11 is 0. The highest BCUT2D eigenvalue weighted by atomic mass is 16.5. The molecule has 0 spiro atoms. The molecular weight excluding hydrogens is 220 g/mol. The van der Waals surface area contributed by atoms with Crippen molar-refractivity contribution in [3.63, 3.8) is 0 Å². The molecule has 1 aromatic carbocycles. The highest BCUT2D eigenvalue weighted by molar-refractivity contribution is 5.51. The topological polar surface area (TPSA) is 47.9 Å². The minimum absolute atomic E-state index is 0.125. The number of benzene rings is 1. The van der Waals surface area contributed by atoms with Crippen molar-refractivity contribution < 1.29 is 19.3 Å². The standard InChI is InChI=1S/C13H20O4/c1-4-10-8-11(15-2)9-12(16-3)13(10)17-7-5-6-14/h8-9,14H,4-7H2,1-3H3. The van der Waals surface area contributed by atoms with Crippen LogP contribution < -0.4 is 14.2 Å². The zero-order chi connectivity index (χ0) is 12.7. The van der Waals surface area contributed by atoms with Crippen molar-refractivity contribution in [1.29, 1.82) is 0 Å². The van der Waals surface area contributed by atoms with Crippen LogP contribution in [0.2, 0.25) is 0 Å². The minimum Gasteiger partial charge on any atom is -0.497 e. The first-order valence-corrected chi connectivity index (χ1v) is 5.75. The van der Waals surface area contributed by atoms with Crippen LogP contribution in [0.1, 0.15) is 18.9 Å². The molecule has 4 heteroatoms. The van der Waals surface area contributed by atoms with Crippen LogP contribution in [0.25, 0.3) is 0 Å². The van der Waals surface area contributed by atoms with E-state index in [0.29, 0.717) is 18.8 Å². The van der Waals surface area contributed by atoms with Crippen LogP contribution in [-0.4, -0.2) is 32.5 Å². The molecule has 0 heterocycles. The van der Waals surface area contributed by atoms with Gasteiger partial charge >= 0.3 is 0 Å². The van der Waals surface area contributed by atoms with Gasteiger partial charge < -0.3 is 19.3 Å². The molecule has 1 rings (SSSR count). The van der Waals surface area contributed by atoms with Crippen molar-refractivity contribution in [3.05, 3.63) is 17.7 Å². The van der Waals surface area contributed by atoms with Crippen molar-refractivity contribution in [1.82, 2.24) is 0 Å². The van der Waals surface area contributed by atoms with Crippen molar-refractivity contribution in [2.75, 3.05) is 27.4 Å². The summed E-state index contributed by atoms with van der Waals surface area (Å²) in [4.78, 5) is 0. The molecule has 17 heavy (non-hydrogen) atoms. The third-order valence-corrected chi connectivity index (χ3v) is 2.49. The second-order valence-corrected chi connectivity index (χ2v) is 3.60. The Morgan fingerprint density at radius 3 is 2.47 bits per heavy atom. The number of aryl methyl sites for hydroxylation is 1. The molecule has 0 atom stereocenters. The summed E-state index contributed by atoms with van der Waals surface area (Å²) in [5.74, 6) is 2.16. The molecule has 0 amide bonds. The molecule has 0 radical (unpaired) electrons. The van der Waals surface area contributed by atoms with Crippen molar-refractivity contribution in [2.24, 2.45) is 0 Å². The van der Waals surface area contributed by atoms with E-state index >= 15 is 0 Å². The monoisotopic (exact) mass is 240 g/mol. The van der Waals surface area contributed by atoms with Gasteiger partial charge in [-0.05, 0) is 12.5 Å². The predicted octanol–water partition coefficient (Wildman–Crippen LogP) is 2.03. The number of rotatable bonds is 7. The highest BCUT2D eigenvalue weighted by Crippen LogP contribution is 2.36. The van der Waals surface area contributed by atoms with Crippen LogP contribution >= 0.6 is 0 Å². The first kappa shape index (κ1) is 13.6. The quantitative estimate of drug-likeness (QED) is 0.741. The lowest BCUT2D eigenvalue weighted by molar-refractivity contribution is 0.226. The van der Waals surface area contributed by atoms with Crippen molar-refractivity contribution >= 4 is 0 Å². The molecule has 0 aromatic heterocycles. The summed E-state index contributed by atoms with van der Waals surface area (Å²) in [6, 6.07) is 3.74. The van der Waals surface area contributed by atoms with Gasteiger partial charge in [-0.2, -0.15) is 0 Å². The van der Waals surface area contributed by atoms with Crippen molar-refractivity contribution in [2.45, 2.75) is 19.8 Å². The van der Waals surface area contributed by atoms with Crippen molar-refractivity contribution in [3.8, 4) is 17.2 Å². The minimum atomic E-state index is 0.125. The molecule has 0 fully saturated rings. The van der Waals surface area contributed by atoms with E-state index in [2.05, 4.69) is 0 Å². The van der Waals surface area contributed by atoms with Gasteiger partial charge in [-0.3, -0.25) is 0 Å². The zero-order valence-corrected chi connectivity index (χ0v) is 10.7. The summed E-state index contributed by atoms with van der Waals surface area (Å²) in [6.45, 7) is 2.65. The molecule has 4 nitrogen and oxygen atoms in total. The second-order valence-electron chi connectivity index (χ2n) is 3.60. The molecular formula is C13H20O4. The molecule has 96 valence electrons. The number of methoxy groups -OCH3 is 2. The van der Waals surface area contributed by atoms with Gasteiger partial charge in [0.1, 0.15) is 5.75 Å². The summed E-state index contributed by atoms with van der Waals surface area (Å²) in [5.41, 5.74) is 1.04. The first-order valence-electron chi connectivity index (χ1n) is 5.75. The number of hydrogen-bond acceptors (Lipinski definition) is 4. The first-order chi connectivity index (χ1) is 8.26. The van der Waals surface area contributed by atoms with Crippen LogP contribution in [0.4, 0.5) is 0 Å². The van der Waals surface area contributed by atoms with Gasteiger partial charge in [0.2, 0.25) is 0 Å². The van der Waals surface area contributed by atoms with E-state index in [-0.39, 0.29) is 6.61 Å². The number of hydrogen-bond donors (Lipinski definition) is 1. The molecule has 1 N–H and O–H groups in total. The van der Waals surface area contributed by atoms with Crippen LogP contribution in [0.5, 0.6) is 17.2 Å². The smallest absolute Gasteiger partial charge is 0.164 e. The molecule has 0 aliphatic heterocycles. The Bertz CT molecular complexity index is 324. The van der Waals surface area contributed by atoms with E-state index in [1.807, 2.05) is 13.0 Å². The summed E-state index contributed by atoms with van der Waals surface area (Å²) in [6.07, 6.45) is 1.44. The predicted molar refractivity (Wildman–Crippen MR) is 66.1 cm³/mol. The fourth-order valence-corrected chi connectivity index (χ4v) is 1.57. The summed E-state index contributed by atoms with van der Waals surface area (Å²) in [7, 11) is 3.23. The van der Waals surface area contributed by atoms with Gasteiger partial charge in [-0.15, -0.1) is 0 Å². The van der Waals surface area contributed by atoms with Gasteiger partial charge in [-0.1, -0.05) is 6.92 Å². The van der Waals surface area contributed by atoms with E-state index in [0.717, 1.165) is 23.5 Å². The summed E-state index contributed by atoms with van der Waals surface area (Å²) < 4.78 is 16.1. The maximum atomic E-state index is 8.75. The van der Waals surface area contributed by atoms with Crippen LogP contribution in [-0.2, 0) is 6.42 Å². The Morgan fingerprint density at radius 2 is 1.94 bits per heavy atom. The number of ether oxygens (including phenoxy) is 3. The molecule has 0 saturated carbocycles. The Labute approximate surface area is 102 Å². The van der Waals surface area contributed by atoms with E-state index in [1.54, 1.807) is 20.3 Å². The van der Waals surface area contributed by atoms with E-state index < -0.39 is 0 Å². The van der Waals surface area contributed by atoms with Gasteiger partial charge in [0.25, 0.3) is 0 Å². The molecule has 0 bridgehead atoms. The fraction of sp³-hybridized carbons (Fsp3) is 0.538. The number of aliphatic hydroxyl groups excluding tert-OH is 1. The van der Waals surface area contributed by atoms with E-state index in [9.17, 15) is 0 Å². The van der Waals surface area contributed by atoms with Crippen LogP contribution in [0.3, 0.4) is 0 Å². The average Bonchev–Trinajstić information content (AvgIpc) is 2.38. The molecule has 1 aromatic rings. The van der Waals surface area contributed by atoms with E-state index in [1.165, 1.54) is 0 Å². The second kappa shape index (κ2) is 7.01. The maximum absolute atomic E-state index is 8.75. The average molecular weight is 240 g/mol. The molecule has 0 unspecified atom stereocenters. The zero-order valence-electron chi connectivity index (χ0n) is 10.7. The lowest BCUT2D eigenvalue weighted by atomic mass is 10.1. The third kappa shape index (κ3) is 3.53. The summed E-state index contributed by atoms with van der Waals surface area (Å²) in [5, 5.41) is 8.75. The Kier molecular flexibility index (Phi) is 5.63. The normalized spacial score (nSPS) is 10.1. The lowest BCUT2D eigenvalue weighted by Crippen LogP contribution is -2.04. The van der Waals surface area contributed by atoms with Crippen LogP contribution in [0, 0.1) is 0 Å². The highest BCUT2D eigenvalue weighted by Gasteiger charge is 2.12. The SMILES string of the molecule is CCc1cc(OC)cc(OC)c1OCCCO. The Hall–Kier alpha value is -1.42. The third-order valence-electron chi connectivity index (χ3n) is 2.49. The van der Waals surface area contributed by atoms with Gasteiger partial charge in [0.05, 0.1) is 20.8 Å². The molecule has 0 aliphatic carbocycles. The Balaban J connectivity index is 2.98. The van der Waals surface area contributed by atoms with Gasteiger partial charge in [-0.25, -0.2) is 0 Å². The number of aliphatic hydroxyl groups is 1. The lowest BCUT2D eigenvalue weighted by Gasteiger charge is -2.15. The maximum Gasteiger partial charge on any atom is 0.164 e. The molecule has 0 aliphatic rings. The fourth-order valence-electron chi connectivity index (χ4n) is 1.57.